The number of carbonyl (C=O) groups excluding carboxylic acids is 2. The molecule has 1 N–H and O–H groups in total. The van der Waals surface area contributed by atoms with Crippen molar-refractivity contribution in [2.45, 2.75) is 65.1 Å². The van der Waals surface area contributed by atoms with Crippen LogP contribution in [-0.2, 0) is 16.1 Å². The van der Waals surface area contributed by atoms with Gasteiger partial charge in [0.15, 0.2) is 0 Å². The third kappa shape index (κ3) is 6.13. The van der Waals surface area contributed by atoms with Crippen molar-refractivity contribution >= 4 is 11.9 Å². The van der Waals surface area contributed by atoms with E-state index in [2.05, 4.69) is 34.9 Å². The summed E-state index contributed by atoms with van der Waals surface area (Å²) in [6.45, 7) is 12.2. The molecule has 36 heavy (non-hydrogen) atoms. The van der Waals surface area contributed by atoms with Crippen molar-refractivity contribution in [2.75, 3.05) is 20.2 Å². The maximum Gasteiger partial charge on any atom is 0.323 e. The molecule has 2 heterocycles. The topological polar surface area (TPSA) is 76.5 Å². The van der Waals surface area contributed by atoms with Crippen LogP contribution in [-0.4, -0.2) is 58.8 Å². The summed E-state index contributed by atoms with van der Waals surface area (Å²) in [5.74, 6) is 0.185. The molecule has 0 saturated carbocycles. The number of aryl methyl sites for hydroxylation is 2. The van der Waals surface area contributed by atoms with Gasteiger partial charge in [-0.2, -0.15) is 5.10 Å². The third-order valence-corrected chi connectivity index (χ3v) is 7.44. The summed E-state index contributed by atoms with van der Waals surface area (Å²) in [7, 11) is 1.43. The van der Waals surface area contributed by atoms with Gasteiger partial charge < -0.3 is 10.1 Å². The zero-order valence-electron chi connectivity index (χ0n) is 21.9. The van der Waals surface area contributed by atoms with E-state index in [1.54, 1.807) is 0 Å². The first-order chi connectivity index (χ1) is 17.2. The van der Waals surface area contributed by atoms with Crippen molar-refractivity contribution in [3.63, 3.8) is 0 Å². The zero-order valence-corrected chi connectivity index (χ0v) is 21.9. The standard InChI is InChI=1S/C29H38N4O3/c1-19(2)24-11-9-22(10-12-24)16-32-18-26(15-27(32)29(35)36-5)30-28(34)25-8-6-7-23(14-25)17-33-21(4)13-20(3)31-33/h6-9,13-14,24,26-27H,1,10-12,15-18H2,2-5H3,(H,30,34)/t24-,26-,27+/m1/s1. The fourth-order valence-corrected chi connectivity index (χ4v) is 5.39. The minimum absolute atomic E-state index is 0.117. The molecule has 0 unspecified atom stereocenters. The zero-order chi connectivity index (χ0) is 25.8. The maximum absolute atomic E-state index is 13.1. The molecule has 192 valence electrons. The first kappa shape index (κ1) is 25.9. The SMILES string of the molecule is C=C(C)[C@@H]1CC=C(CN2C[C@H](NC(=O)c3cccc(Cn4nc(C)cc4C)c3)C[C@H]2C(=O)OC)CC1. The molecule has 0 radical (unpaired) electrons. The largest absolute Gasteiger partial charge is 0.468 e. The second-order valence-corrected chi connectivity index (χ2v) is 10.3. The molecule has 2 aromatic rings. The van der Waals surface area contributed by atoms with Crippen molar-refractivity contribution in [1.82, 2.24) is 20.0 Å². The number of benzene rings is 1. The average molecular weight is 491 g/mol. The number of nitrogens with one attached hydrogen (secondary N) is 1. The number of aromatic nitrogens is 2. The first-order valence-corrected chi connectivity index (χ1v) is 12.8. The van der Waals surface area contributed by atoms with Crippen molar-refractivity contribution in [2.24, 2.45) is 5.92 Å². The van der Waals surface area contributed by atoms with Crippen LogP contribution in [0.1, 0.15) is 59.9 Å². The minimum Gasteiger partial charge on any atom is -0.468 e. The van der Waals surface area contributed by atoms with Crippen molar-refractivity contribution in [3.8, 4) is 0 Å². The Bertz CT molecular complexity index is 1170. The molecule has 1 aromatic carbocycles. The van der Waals surface area contributed by atoms with Crippen LogP contribution >= 0.6 is 0 Å². The Labute approximate surface area is 214 Å². The lowest BCUT2D eigenvalue weighted by molar-refractivity contribution is -0.145. The van der Waals surface area contributed by atoms with E-state index < -0.39 is 0 Å². The Balaban J connectivity index is 1.40. The lowest BCUT2D eigenvalue weighted by Gasteiger charge is -2.27. The van der Waals surface area contributed by atoms with Gasteiger partial charge in [-0.15, -0.1) is 0 Å². The molecule has 0 bridgehead atoms. The van der Waals surface area contributed by atoms with Gasteiger partial charge in [0.25, 0.3) is 5.91 Å². The number of likely N-dealkylation sites (tertiary alicyclic amines) is 1. The molecule has 1 aliphatic carbocycles. The highest BCUT2D eigenvalue weighted by molar-refractivity contribution is 5.94. The smallest absolute Gasteiger partial charge is 0.323 e. The molecule has 1 fully saturated rings. The maximum atomic E-state index is 13.1. The average Bonchev–Trinajstić information content (AvgIpc) is 3.40. The highest BCUT2D eigenvalue weighted by Gasteiger charge is 2.38. The summed E-state index contributed by atoms with van der Waals surface area (Å²) in [6, 6.07) is 9.24. The van der Waals surface area contributed by atoms with Crippen molar-refractivity contribution in [1.29, 1.82) is 0 Å². The number of nitrogens with zero attached hydrogens (tertiary/aromatic N) is 3. The Morgan fingerprint density at radius 2 is 2.03 bits per heavy atom. The molecule has 4 rings (SSSR count). The number of carbonyl (C=O) groups is 2. The summed E-state index contributed by atoms with van der Waals surface area (Å²) >= 11 is 0. The number of allylic oxidation sites excluding steroid dienone is 2. The number of methoxy groups -OCH3 is 1. The normalized spacial score (nSPS) is 22.2. The Kier molecular flexibility index (Phi) is 8.09. The fourth-order valence-electron chi connectivity index (χ4n) is 5.39. The van der Waals surface area contributed by atoms with Gasteiger partial charge in [-0.1, -0.05) is 35.9 Å². The van der Waals surface area contributed by atoms with Crippen LogP contribution in [0.2, 0.25) is 0 Å². The van der Waals surface area contributed by atoms with E-state index in [0.29, 0.717) is 31.0 Å². The molecule has 7 heteroatoms. The van der Waals surface area contributed by atoms with E-state index in [1.807, 2.05) is 48.9 Å². The van der Waals surface area contributed by atoms with E-state index in [1.165, 1.54) is 18.3 Å². The molecule has 2 aliphatic rings. The molecule has 1 saturated heterocycles. The van der Waals surface area contributed by atoms with Crippen LogP contribution in [0.3, 0.4) is 0 Å². The Hall–Kier alpha value is -3.19. The number of rotatable bonds is 8. The number of ether oxygens (including phenoxy) is 1. The van der Waals surface area contributed by atoms with E-state index in [-0.39, 0.29) is 24.0 Å². The predicted octanol–water partition coefficient (Wildman–Crippen LogP) is 4.20. The monoisotopic (exact) mass is 490 g/mol. The van der Waals surface area contributed by atoms with Crippen LogP contribution in [0.4, 0.5) is 0 Å². The Morgan fingerprint density at radius 3 is 2.67 bits per heavy atom. The highest BCUT2D eigenvalue weighted by atomic mass is 16.5. The predicted molar refractivity (Wildman–Crippen MR) is 141 cm³/mol. The number of esters is 1. The van der Waals surface area contributed by atoms with Crippen LogP contribution in [0.5, 0.6) is 0 Å². The Morgan fingerprint density at radius 1 is 1.22 bits per heavy atom. The summed E-state index contributed by atoms with van der Waals surface area (Å²) in [4.78, 5) is 27.8. The molecule has 1 aliphatic heterocycles. The quantitative estimate of drug-likeness (QED) is 0.443. The summed E-state index contributed by atoms with van der Waals surface area (Å²) in [5.41, 5.74) is 6.29. The van der Waals surface area contributed by atoms with E-state index in [4.69, 9.17) is 4.74 Å². The summed E-state index contributed by atoms with van der Waals surface area (Å²) in [6.07, 6.45) is 5.98. The summed E-state index contributed by atoms with van der Waals surface area (Å²) in [5, 5.41) is 7.68. The van der Waals surface area contributed by atoms with Gasteiger partial charge in [-0.25, -0.2) is 0 Å². The van der Waals surface area contributed by atoms with Crippen molar-refractivity contribution < 1.29 is 14.3 Å². The molecule has 1 aromatic heterocycles. The van der Waals surface area contributed by atoms with Gasteiger partial charge in [0.05, 0.1) is 19.3 Å². The fraction of sp³-hybridized carbons (Fsp3) is 0.483. The lowest BCUT2D eigenvalue weighted by atomic mass is 9.85. The van der Waals surface area contributed by atoms with Gasteiger partial charge in [0.2, 0.25) is 0 Å². The first-order valence-electron chi connectivity index (χ1n) is 12.8. The van der Waals surface area contributed by atoms with E-state index >= 15 is 0 Å². The van der Waals surface area contributed by atoms with Gasteiger partial charge in [-0.3, -0.25) is 19.2 Å². The van der Waals surface area contributed by atoms with Crippen LogP contribution in [0.25, 0.3) is 0 Å². The van der Waals surface area contributed by atoms with E-state index in [9.17, 15) is 9.59 Å². The minimum atomic E-state index is -0.350. The molecule has 1 amide bonds. The van der Waals surface area contributed by atoms with Gasteiger partial charge in [0.1, 0.15) is 6.04 Å². The van der Waals surface area contributed by atoms with Gasteiger partial charge >= 0.3 is 5.97 Å². The number of amides is 1. The van der Waals surface area contributed by atoms with Crippen LogP contribution < -0.4 is 5.32 Å². The second kappa shape index (κ2) is 11.2. The van der Waals surface area contributed by atoms with E-state index in [0.717, 1.165) is 42.8 Å². The summed E-state index contributed by atoms with van der Waals surface area (Å²) < 4.78 is 7.04. The van der Waals surface area contributed by atoms with Gasteiger partial charge in [0, 0.05) is 30.4 Å². The molecule has 7 nitrogen and oxygen atoms in total. The third-order valence-electron chi connectivity index (χ3n) is 7.44. The lowest BCUT2D eigenvalue weighted by Crippen LogP contribution is -2.39. The molecular weight excluding hydrogens is 452 g/mol. The highest BCUT2D eigenvalue weighted by Crippen LogP contribution is 2.30. The number of hydrogen-bond donors (Lipinski definition) is 1. The number of hydrogen-bond acceptors (Lipinski definition) is 5. The van der Waals surface area contributed by atoms with Crippen LogP contribution in [0.15, 0.2) is 54.1 Å². The molecule has 3 atom stereocenters. The molecular formula is C29H38N4O3. The second-order valence-electron chi connectivity index (χ2n) is 10.3. The van der Waals surface area contributed by atoms with Crippen LogP contribution in [0, 0.1) is 19.8 Å². The van der Waals surface area contributed by atoms with Gasteiger partial charge in [-0.05, 0) is 76.1 Å². The van der Waals surface area contributed by atoms with Crippen molar-refractivity contribution in [3.05, 3.63) is 76.6 Å². The molecule has 0 spiro atoms.